The summed E-state index contributed by atoms with van der Waals surface area (Å²) in [7, 11) is 1.96. The summed E-state index contributed by atoms with van der Waals surface area (Å²) in [4.78, 5) is 8.55. The maximum absolute atomic E-state index is 10.0. The van der Waals surface area contributed by atoms with E-state index in [9.17, 15) is 5.11 Å². The summed E-state index contributed by atoms with van der Waals surface area (Å²) >= 11 is 0. The van der Waals surface area contributed by atoms with Crippen molar-refractivity contribution in [1.82, 2.24) is 14.5 Å². The lowest BCUT2D eigenvalue weighted by Crippen LogP contribution is -2.05. The Hall–Kier alpha value is -1.68. The van der Waals surface area contributed by atoms with Crippen molar-refractivity contribution in [2.75, 3.05) is 0 Å². The van der Waals surface area contributed by atoms with E-state index in [1.54, 1.807) is 6.20 Å². The Morgan fingerprint density at radius 3 is 2.88 bits per heavy atom. The number of aliphatic hydroxyl groups is 1. The molecule has 2 aromatic heterocycles. The zero-order chi connectivity index (χ0) is 12.3. The molecule has 1 N–H and O–H groups in total. The smallest absolute Gasteiger partial charge is 0.108 e. The Balaban J connectivity index is 1.98. The van der Waals surface area contributed by atoms with Crippen LogP contribution in [0.25, 0.3) is 0 Å². The zero-order valence-electron chi connectivity index (χ0n) is 10.2. The van der Waals surface area contributed by atoms with Crippen molar-refractivity contribution in [2.45, 2.75) is 25.9 Å². The van der Waals surface area contributed by atoms with Crippen molar-refractivity contribution in [3.63, 3.8) is 0 Å². The van der Waals surface area contributed by atoms with Crippen LogP contribution in [0, 0.1) is 6.92 Å². The van der Waals surface area contributed by atoms with E-state index in [0.717, 1.165) is 23.6 Å². The molecule has 17 heavy (non-hydrogen) atoms. The number of pyridine rings is 1. The molecule has 4 heteroatoms. The Morgan fingerprint density at radius 2 is 2.24 bits per heavy atom. The van der Waals surface area contributed by atoms with Gasteiger partial charge in [0.2, 0.25) is 0 Å². The molecule has 0 amide bonds. The summed E-state index contributed by atoms with van der Waals surface area (Å²) < 4.78 is 1.97. The number of rotatable bonds is 4. The van der Waals surface area contributed by atoms with Gasteiger partial charge in [-0.05, 0) is 25.5 Å². The fraction of sp³-hybridized carbons (Fsp3) is 0.385. The van der Waals surface area contributed by atoms with Gasteiger partial charge in [0, 0.05) is 31.6 Å². The number of nitrogens with zero attached hydrogens (tertiary/aromatic N) is 3. The molecule has 0 fully saturated rings. The van der Waals surface area contributed by atoms with Gasteiger partial charge in [0.1, 0.15) is 5.82 Å². The average Bonchev–Trinajstić information content (AvgIpc) is 2.72. The molecule has 0 saturated carbocycles. The molecule has 2 rings (SSSR count). The predicted molar refractivity (Wildman–Crippen MR) is 65.5 cm³/mol. The van der Waals surface area contributed by atoms with Crippen LogP contribution in [0.2, 0.25) is 0 Å². The lowest BCUT2D eigenvalue weighted by atomic mass is 10.1. The number of hydrogen-bond donors (Lipinski definition) is 1. The summed E-state index contributed by atoms with van der Waals surface area (Å²) in [6, 6.07) is 5.70. The van der Waals surface area contributed by atoms with E-state index < -0.39 is 6.10 Å². The maximum Gasteiger partial charge on any atom is 0.108 e. The molecule has 0 radical (unpaired) electrons. The first kappa shape index (κ1) is 11.8. The Kier molecular flexibility index (Phi) is 3.54. The summed E-state index contributed by atoms with van der Waals surface area (Å²) in [6.45, 7) is 1.93. The number of aromatic nitrogens is 3. The van der Waals surface area contributed by atoms with Crippen LogP contribution < -0.4 is 0 Å². The highest BCUT2D eigenvalue weighted by Gasteiger charge is 2.10. The minimum Gasteiger partial charge on any atom is -0.387 e. The minimum absolute atomic E-state index is 0.522. The van der Waals surface area contributed by atoms with Gasteiger partial charge in [-0.1, -0.05) is 6.07 Å². The van der Waals surface area contributed by atoms with E-state index in [0.29, 0.717) is 6.42 Å². The van der Waals surface area contributed by atoms with Crippen LogP contribution in [0.5, 0.6) is 0 Å². The van der Waals surface area contributed by atoms with Crippen LogP contribution in [0.15, 0.2) is 30.6 Å². The third-order valence-electron chi connectivity index (χ3n) is 2.81. The van der Waals surface area contributed by atoms with Crippen LogP contribution in [-0.4, -0.2) is 19.6 Å². The van der Waals surface area contributed by atoms with Gasteiger partial charge in [0.05, 0.1) is 11.8 Å². The van der Waals surface area contributed by atoms with Crippen molar-refractivity contribution in [3.05, 3.63) is 47.8 Å². The molecule has 90 valence electrons. The lowest BCUT2D eigenvalue weighted by Gasteiger charge is -2.10. The highest BCUT2D eigenvalue weighted by atomic mass is 16.3. The van der Waals surface area contributed by atoms with E-state index in [1.807, 2.05) is 42.9 Å². The number of aryl methyl sites for hydroxylation is 3. The second-order valence-electron chi connectivity index (χ2n) is 4.21. The Bertz CT molecular complexity index is 493. The standard InChI is InChI=1S/C13H17N3O/c1-10-4-3-5-11(15-10)12(17)6-7-13-14-8-9-16(13)2/h3-5,8-9,12,17H,6-7H2,1-2H3. The first-order chi connectivity index (χ1) is 8.16. The molecule has 0 aliphatic heterocycles. The van der Waals surface area contributed by atoms with Crippen molar-refractivity contribution < 1.29 is 5.11 Å². The average molecular weight is 231 g/mol. The molecule has 2 heterocycles. The second kappa shape index (κ2) is 5.10. The molecular formula is C13H17N3O. The topological polar surface area (TPSA) is 50.9 Å². The summed E-state index contributed by atoms with van der Waals surface area (Å²) in [5, 5.41) is 10.0. The molecule has 0 aromatic carbocycles. The predicted octanol–water partition coefficient (Wildman–Crippen LogP) is 1.79. The molecule has 1 atom stereocenters. The molecule has 4 nitrogen and oxygen atoms in total. The molecule has 0 saturated heterocycles. The highest BCUT2D eigenvalue weighted by molar-refractivity contribution is 5.12. The fourth-order valence-corrected chi connectivity index (χ4v) is 1.80. The highest BCUT2D eigenvalue weighted by Crippen LogP contribution is 2.16. The summed E-state index contributed by atoms with van der Waals surface area (Å²) in [5.74, 6) is 0.983. The van der Waals surface area contributed by atoms with E-state index in [-0.39, 0.29) is 0 Å². The molecule has 0 aliphatic carbocycles. The van der Waals surface area contributed by atoms with Gasteiger partial charge >= 0.3 is 0 Å². The van der Waals surface area contributed by atoms with E-state index in [1.165, 1.54) is 0 Å². The van der Waals surface area contributed by atoms with Gasteiger partial charge < -0.3 is 9.67 Å². The van der Waals surface area contributed by atoms with E-state index >= 15 is 0 Å². The van der Waals surface area contributed by atoms with Gasteiger partial charge in [-0.25, -0.2) is 4.98 Å². The minimum atomic E-state index is -0.522. The normalized spacial score (nSPS) is 12.6. The number of imidazole rings is 1. The van der Waals surface area contributed by atoms with Crippen molar-refractivity contribution >= 4 is 0 Å². The van der Waals surface area contributed by atoms with Crippen molar-refractivity contribution in [3.8, 4) is 0 Å². The molecule has 0 bridgehead atoms. The molecule has 2 aromatic rings. The van der Waals surface area contributed by atoms with Crippen LogP contribution >= 0.6 is 0 Å². The van der Waals surface area contributed by atoms with Crippen LogP contribution in [0.1, 0.15) is 29.7 Å². The summed E-state index contributed by atoms with van der Waals surface area (Å²) in [5.41, 5.74) is 1.66. The maximum atomic E-state index is 10.0. The van der Waals surface area contributed by atoms with Gasteiger partial charge in [-0.15, -0.1) is 0 Å². The molecule has 1 unspecified atom stereocenters. The first-order valence-corrected chi connectivity index (χ1v) is 5.74. The van der Waals surface area contributed by atoms with Crippen LogP contribution in [-0.2, 0) is 13.5 Å². The zero-order valence-corrected chi connectivity index (χ0v) is 10.2. The molecule has 0 spiro atoms. The summed E-state index contributed by atoms with van der Waals surface area (Å²) in [6.07, 6.45) is 4.55. The first-order valence-electron chi connectivity index (χ1n) is 5.74. The Labute approximate surface area is 101 Å². The number of aliphatic hydroxyl groups excluding tert-OH is 1. The van der Waals surface area contributed by atoms with Crippen LogP contribution in [0.3, 0.4) is 0 Å². The monoisotopic (exact) mass is 231 g/mol. The van der Waals surface area contributed by atoms with Crippen LogP contribution in [0.4, 0.5) is 0 Å². The van der Waals surface area contributed by atoms with Gasteiger partial charge in [-0.2, -0.15) is 0 Å². The lowest BCUT2D eigenvalue weighted by molar-refractivity contribution is 0.162. The third kappa shape index (κ3) is 2.91. The van der Waals surface area contributed by atoms with Gasteiger partial charge in [-0.3, -0.25) is 4.98 Å². The van der Waals surface area contributed by atoms with E-state index in [4.69, 9.17) is 0 Å². The SMILES string of the molecule is Cc1cccc(C(O)CCc2nccn2C)n1. The van der Waals surface area contributed by atoms with E-state index in [2.05, 4.69) is 9.97 Å². The molecule has 0 aliphatic rings. The quantitative estimate of drug-likeness (QED) is 0.872. The fourth-order valence-electron chi connectivity index (χ4n) is 1.80. The largest absolute Gasteiger partial charge is 0.387 e. The third-order valence-corrected chi connectivity index (χ3v) is 2.81. The van der Waals surface area contributed by atoms with Gasteiger partial charge in [0.15, 0.2) is 0 Å². The van der Waals surface area contributed by atoms with Crippen molar-refractivity contribution in [1.29, 1.82) is 0 Å². The Morgan fingerprint density at radius 1 is 1.41 bits per heavy atom. The van der Waals surface area contributed by atoms with Crippen molar-refractivity contribution in [2.24, 2.45) is 7.05 Å². The van der Waals surface area contributed by atoms with Gasteiger partial charge in [0.25, 0.3) is 0 Å². The molecular weight excluding hydrogens is 214 g/mol. The number of hydrogen-bond acceptors (Lipinski definition) is 3. The second-order valence-corrected chi connectivity index (χ2v) is 4.21.